The summed E-state index contributed by atoms with van der Waals surface area (Å²) in [5, 5.41) is 7.89. The van der Waals surface area contributed by atoms with Gasteiger partial charge in [-0.1, -0.05) is 181 Å². The number of hydrogen-bond acceptors (Lipinski definition) is 3. The zero-order valence-electron chi connectivity index (χ0n) is 27.2. The van der Waals surface area contributed by atoms with Gasteiger partial charge in [0.1, 0.15) is 0 Å². The van der Waals surface area contributed by atoms with E-state index in [-0.39, 0.29) is 11.5 Å². The number of hydrogen-bond donors (Lipinski definition) is 1. The minimum Gasteiger partial charge on any atom is -0.478 e. The Morgan fingerprint density at radius 2 is 0.700 bits per heavy atom. The van der Waals surface area contributed by atoms with Gasteiger partial charge in [0.15, 0.2) is 0 Å². The summed E-state index contributed by atoms with van der Waals surface area (Å²) in [6, 6.07) is 0. The second-order valence-electron chi connectivity index (χ2n) is 11.8. The van der Waals surface area contributed by atoms with Crippen LogP contribution in [0.15, 0.2) is 24.3 Å². The third-order valence-corrected chi connectivity index (χ3v) is 7.44. The SMILES string of the molecule is C=C(C)C(=O)O.C=C(C)C(=O)OCCCCCCCCCCCCCCCCCCCCCCCCCCCC. The van der Waals surface area contributed by atoms with Crippen LogP contribution >= 0.6 is 0 Å². The van der Waals surface area contributed by atoms with E-state index in [1.807, 2.05) is 0 Å². The van der Waals surface area contributed by atoms with Gasteiger partial charge in [-0.3, -0.25) is 0 Å². The molecule has 40 heavy (non-hydrogen) atoms. The first kappa shape index (κ1) is 40.6. The van der Waals surface area contributed by atoms with Gasteiger partial charge < -0.3 is 9.84 Å². The third-order valence-electron chi connectivity index (χ3n) is 7.44. The van der Waals surface area contributed by atoms with Crippen molar-refractivity contribution in [1.82, 2.24) is 0 Å². The van der Waals surface area contributed by atoms with E-state index in [0.29, 0.717) is 12.2 Å². The fraction of sp³-hybridized carbons (Fsp3) is 0.833. The molecule has 0 heterocycles. The molecule has 0 unspecified atom stereocenters. The maximum Gasteiger partial charge on any atom is 0.333 e. The van der Waals surface area contributed by atoms with Crippen molar-refractivity contribution in [1.29, 1.82) is 0 Å². The van der Waals surface area contributed by atoms with Crippen LogP contribution < -0.4 is 0 Å². The van der Waals surface area contributed by atoms with E-state index in [9.17, 15) is 9.59 Å². The van der Waals surface area contributed by atoms with Crippen LogP contribution in [0.1, 0.15) is 188 Å². The van der Waals surface area contributed by atoms with Crippen molar-refractivity contribution in [2.75, 3.05) is 6.61 Å². The summed E-state index contributed by atoms with van der Waals surface area (Å²) in [6.07, 6.45) is 36.6. The van der Waals surface area contributed by atoms with Crippen LogP contribution in [0, 0.1) is 0 Å². The summed E-state index contributed by atoms with van der Waals surface area (Å²) >= 11 is 0. The average molecular weight is 565 g/mol. The molecule has 0 aliphatic heterocycles. The van der Waals surface area contributed by atoms with Crippen LogP contribution in [0.5, 0.6) is 0 Å². The van der Waals surface area contributed by atoms with Crippen molar-refractivity contribution < 1.29 is 19.4 Å². The number of ether oxygens (including phenoxy) is 1. The fourth-order valence-corrected chi connectivity index (χ4v) is 4.71. The van der Waals surface area contributed by atoms with E-state index in [4.69, 9.17) is 9.84 Å². The van der Waals surface area contributed by atoms with E-state index in [2.05, 4.69) is 20.1 Å². The first-order chi connectivity index (χ1) is 19.3. The molecule has 0 saturated heterocycles. The van der Waals surface area contributed by atoms with Gasteiger partial charge in [-0.05, 0) is 20.3 Å². The Balaban J connectivity index is 0. The molecule has 0 fully saturated rings. The van der Waals surface area contributed by atoms with Crippen molar-refractivity contribution in [2.45, 2.75) is 188 Å². The predicted octanol–water partition coefficient (Wildman–Crippen LogP) is 11.9. The van der Waals surface area contributed by atoms with E-state index in [1.54, 1.807) is 6.92 Å². The standard InChI is InChI=1S/C32H62O2.C4H6O2/c1-4-5-6-7-8-9-10-11-12-13-14-15-16-17-18-19-20-21-22-23-24-25-26-27-28-29-30-34-32(33)31(2)3;1-3(2)4(5)6/h2,4-30H2,1,3H3;1H2,2H3,(H,5,6). The number of unbranched alkanes of at least 4 members (excludes halogenated alkanes) is 25. The van der Waals surface area contributed by atoms with E-state index < -0.39 is 5.97 Å². The third kappa shape index (κ3) is 36.4. The minimum atomic E-state index is -0.935. The van der Waals surface area contributed by atoms with Gasteiger partial charge in [0.05, 0.1) is 6.61 Å². The molecule has 4 nitrogen and oxygen atoms in total. The van der Waals surface area contributed by atoms with Gasteiger partial charge in [-0.2, -0.15) is 0 Å². The molecule has 4 heteroatoms. The molecule has 0 aliphatic rings. The highest BCUT2D eigenvalue weighted by Gasteiger charge is 2.02. The summed E-state index contributed by atoms with van der Waals surface area (Å²) in [6.45, 7) is 12.7. The van der Waals surface area contributed by atoms with Crippen LogP contribution in [0.2, 0.25) is 0 Å². The van der Waals surface area contributed by atoms with Crippen molar-refractivity contribution in [3.05, 3.63) is 24.3 Å². The number of rotatable bonds is 29. The first-order valence-electron chi connectivity index (χ1n) is 17.0. The second-order valence-corrected chi connectivity index (χ2v) is 11.8. The molecule has 0 rings (SSSR count). The molecule has 0 spiro atoms. The quantitative estimate of drug-likeness (QED) is 0.0557. The van der Waals surface area contributed by atoms with Crippen LogP contribution in [0.3, 0.4) is 0 Å². The van der Waals surface area contributed by atoms with Gasteiger partial charge in [0.25, 0.3) is 0 Å². The lowest BCUT2D eigenvalue weighted by Gasteiger charge is -2.05. The first-order valence-corrected chi connectivity index (χ1v) is 17.0. The van der Waals surface area contributed by atoms with Gasteiger partial charge in [0.2, 0.25) is 0 Å². The Labute approximate surface area is 249 Å². The summed E-state index contributed by atoms with van der Waals surface area (Å²) < 4.78 is 5.12. The number of carbonyl (C=O) groups is 2. The van der Waals surface area contributed by atoms with Gasteiger partial charge >= 0.3 is 11.9 Å². The molecule has 0 atom stereocenters. The zero-order valence-corrected chi connectivity index (χ0v) is 27.2. The lowest BCUT2D eigenvalue weighted by atomic mass is 10.0. The molecular weight excluding hydrogens is 496 g/mol. The van der Waals surface area contributed by atoms with Crippen molar-refractivity contribution >= 4 is 11.9 Å². The molecule has 0 radical (unpaired) electrons. The molecule has 0 aromatic heterocycles. The van der Waals surface area contributed by atoms with Crippen LogP contribution in [-0.4, -0.2) is 23.7 Å². The highest BCUT2D eigenvalue weighted by molar-refractivity contribution is 5.86. The average Bonchev–Trinajstić information content (AvgIpc) is 2.92. The normalized spacial score (nSPS) is 10.6. The zero-order chi connectivity index (χ0) is 30.1. The summed E-state index contributed by atoms with van der Waals surface area (Å²) in [5.41, 5.74) is 0.671. The van der Waals surface area contributed by atoms with E-state index in [0.717, 1.165) is 6.42 Å². The molecule has 0 aromatic carbocycles. The highest BCUT2D eigenvalue weighted by Crippen LogP contribution is 2.16. The number of carboxylic acids is 1. The molecule has 236 valence electrons. The van der Waals surface area contributed by atoms with Crippen LogP contribution in [-0.2, 0) is 14.3 Å². The van der Waals surface area contributed by atoms with E-state index >= 15 is 0 Å². The molecule has 0 aliphatic carbocycles. The maximum atomic E-state index is 11.3. The highest BCUT2D eigenvalue weighted by atomic mass is 16.5. The molecule has 0 saturated carbocycles. The monoisotopic (exact) mass is 565 g/mol. The summed E-state index contributed by atoms with van der Waals surface area (Å²) in [5.74, 6) is -1.19. The Bertz CT molecular complexity index is 584. The Morgan fingerprint density at radius 3 is 0.900 bits per heavy atom. The van der Waals surface area contributed by atoms with E-state index in [1.165, 1.54) is 167 Å². The van der Waals surface area contributed by atoms with Crippen LogP contribution in [0.4, 0.5) is 0 Å². The molecule has 0 aromatic rings. The molecular formula is C36H68O4. The fourth-order valence-electron chi connectivity index (χ4n) is 4.71. The molecule has 0 bridgehead atoms. The topological polar surface area (TPSA) is 63.6 Å². The van der Waals surface area contributed by atoms with Crippen molar-refractivity contribution in [3.8, 4) is 0 Å². The van der Waals surface area contributed by atoms with Gasteiger partial charge in [-0.25, -0.2) is 9.59 Å². The lowest BCUT2D eigenvalue weighted by molar-refractivity contribution is -0.139. The second kappa shape index (κ2) is 33.6. The number of aliphatic carboxylic acids is 1. The van der Waals surface area contributed by atoms with Crippen LogP contribution in [0.25, 0.3) is 0 Å². The van der Waals surface area contributed by atoms with Crippen molar-refractivity contribution in [2.24, 2.45) is 0 Å². The molecule has 1 N–H and O–H groups in total. The predicted molar refractivity (Wildman–Crippen MR) is 174 cm³/mol. The lowest BCUT2D eigenvalue weighted by Crippen LogP contribution is -2.05. The Kier molecular flexibility index (Phi) is 34.1. The summed E-state index contributed by atoms with van der Waals surface area (Å²) in [4.78, 5) is 20.9. The number of esters is 1. The van der Waals surface area contributed by atoms with Gasteiger partial charge in [0, 0.05) is 11.1 Å². The molecule has 0 amide bonds. The maximum absolute atomic E-state index is 11.3. The number of carbonyl (C=O) groups excluding carboxylic acids is 1. The Hall–Kier alpha value is -1.58. The largest absolute Gasteiger partial charge is 0.478 e. The summed E-state index contributed by atoms with van der Waals surface area (Å²) in [7, 11) is 0. The Morgan fingerprint density at radius 1 is 0.475 bits per heavy atom. The number of carboxylic acid groups (broad SMARTS) is 1. The minimum absolute atomic E-state index is 0.176. The smallest absolute Gasteiger partial charge is 0.333 e. The van der Waals surface area contributed by atoms with Gasteiger partial charge in [-0.15, -0.1) is 0 Å². The van der Waals surface area contributed by atoms with Crippen molar-refractivity contribution in [3.63, 3.8) is 0 Å².